The number of methoxy groups -OCH3 is 2. The van der Waals surface area contributed by atoms with Gasteiger partial charge in [-0.1, -0.05) is 23.7 Å². The molecule has 3 rings (SSSR count). The highest BCUT2D eigenvalue weighted by molar-refractivity contribution is 7.14. The molecule has 0 aliphatic rings. The van der Waals surface area contributed by atoms with E-state index in [-0.39, 0.29) is 0 Å². The maximum absolute atomic E-state index is 5.91. The first kappa shape index (κ1) is 17.3. The summed E-state index contributed by atoms with van der Waals surface area (Å²) in [5.74, 6) is 1.42. The lowest BCUT2D eigenvalue weighted by molar-refractivity contribution is 0.394. The Morgan fingerprint density at radius 2 is 1.92 bits per heavy atom. The first-order chi connectivity index (χ1) is 12.2. The lowest BCUT2D eigenvalue weighted by atomic mass is 10.2. The number of nitrogens with zero attached hydrogens (tertiary/aromatic N) is 2. The Morgan fingerprint density at radius 3 is 2.64 bits per heavy atom. The van der Waals surface area contributed by atoms with Crippen LogP contribution in [0.4, 0.5) is 5.13 Å². The standard InChI is InChI=1S/C18H16ClN3O2S/c1-23-15-8-5-13(17(9-15)24-2)10-20-22-18-21-16(11-25-18)12-3-6-14(19)7-4-12/h3-11H,1-2H3,(H,21,22). The molecule has 0 spiro atoms. The third-order valence-corrected chi connectivity index (χ3v) is 4.45. The lowest BCUT2D eigenvalue weighted by Gasteiger charge is -2.06. The second kappa shape index (κ2) is 8.00. The average Bonchev–Trinajstić information content (AvgIpc) is 3.11. The topological polar surface area (TPSA) is 55.7 Å². The van der Waals surface area contributed by atoms with E-state index in [0.717, 1.165) is 22.6 Å². The van der Waals surface area contributed by atoms with Crippen LogP contribution >= 0.6 is 22.9 Å². The maximum atomic E-state index is 5.91. The van der Waals surface area contributed by atoms with Gasteiger partial charge in [-0.15, -0.1) is 11.3 Å². The fourth-order valence-electron chi connectivity index (χ4n) is 2.16. The van der Waals surface area contributed by atoms with E-state index in [2.05, 4.69) is 15.5 Å². The Kier molecular flexibility index (Phi) is 5.53. The van der Waals surface area contributed by atoms with Crippen molar-refractivity contribution >= 4 is 34.3 Å². The van der Waals surface area contributed by atoms with Crippen molar-refractivity contribution in [3.05, 3.63) is 58.4 Å². The van der Waals surface area contributed by atoms with E-state index in [9.17, 15) is 0 Å². The lowest BCUT2D eigenvalue weighted by Crippen LogP contribution is -1.95. The number of ether oxygens (including phenoxy) is 2. The highest BCUT2D eigenvalue weighted by Crippen LogP contribution is 2.26. The van der Waals surface area contributed by atoms with Gasteiger partial charge < -0.3 is 9.47 Å². The van der Waals surface area contributed by atoms with Crippen LogP contribution in [0.25, 0.3) is 11.3 Å². The summed E-state index contributed by atoms with van der Waals surface area (Å²) in [4.78, 5) is 4.51. The molecular weight excluding hydrogens is 358 g/mol. The largest absolute Gasteiger partial charge is 0.497 e. The number of hydrazone groups is 1. The van der Waals surface area contributed by atoms with Crippen LogP contribution in [0.2, 0.25) is 5.02 Å². The number of thiazole rings is 1. The van der Waals surface area contributed by atoms with Gasteiger partial charge in [0.15, 0.2) is 0 Å². The molecule has 0 aliphatic carbocycles. The Morgan fingerprint density at radius 1 is 1.12 bits per heavy atom. The number of hydrogen-bond donors (Lipinski definition) is 1. The molecule has 0 bridgehead atoms. The quantitative estimate of drug-likeness (QED) is 0.492. The van der Waals surface area contributed by atoms with Gasteiger partial charge in [0.1, 0.15) is 11.5 Å². The van der Waals surface area contributed by atoms with Crippen molar-refractivity contribution in [3.63, 3.8) is 0 Å². The molecule has 0 atom stereocenters. The summed E-state index contributed by atoms with van der Waals surface area (Å²) in [6.45, 7) is 0. The second-order valence-corrected chi connectivity index (χ2v) is 6.32. The highest BCUT2D eigenvalue weighted by Gasteiger charge is 2.05. The molecule has 0 fully saturated rings. The molecule has 1 aromatic heterocycles. The summed E-state index contributed by atoms with van der Waals surface area (Å²) in [5, 5.41) is 7.60. The van der Waals surface area contributed by atoms with Crippen molar-refractivity contribution in [1.29, 1.82) is 0 Å². The van der Waals surface area contributed by atoms with E-state index in [1.165, 1.54) is 11.3 Å². The first-order valence-electron chi connectivity index (χ1n) is 7.42. The Balaban J connectivity index is 1.70. The minimum atomic E-state index is 0.686. The molecule has 0 amide bonds. The molecular formula is C18H16ClN3O2S. The summed E-state index contributed by atoms with van der Waals surface area (Å²) in [5.41, 5.74) is 5.66. The van der Waals surface area contributed by atoms with E-state index in [1.54, 1.807) is 20.4 Å². The molecule has 0 saturated heterocycles. The van der Waals surface area contributed by atoms with Crippen LogP contribution in [-0.4, -0.2) is 25.4 Å². The monoisotopic (exact) mass is 373 g/mol. The Labute approximate surface area is 154 Å². The van der Waals surface area contributed by atoms with Crippen molar-refractivity contribution < 1.29 is 9.47 Å². The van der Waals surface area contributed by atoms with Gasteiger partial charge >= 0.3 is 0 Å². The van der Waals surface area contributed by atoms with Gasteiger partial charge in [-0.2, -0.15) is 5.10 Å². The van der Waals surface area contributed by atoms with Crippen LogP contribution < -0.4 is 14.9 Å². The van der Waals surface area contributed by atoms with E-state index in [1.807, 2.05) is 47.8 Å². The summed E-state index contributed by atoms with van der Waals surface area (Å²) < 4.78 is 10.5. The van der Waals surface area contributed by atoms with Gasteiger partial charge in [-0.05, 0) is 24.3 Å². The maximum Gasteiger partial charge on any atom is 0.203 e. The molecule has 0 aliphatic heterocycles. The number of anilines is 1. The summed E-state index contributed by atoms with van der Waals surface area (Å²) in [6.07, 6.45) is 1.68. The van der Waals surface area contributed by atoms with Crippen molar-refractivity contribution in [2.45, 2.75) is 0 Å². The van der Waals surface area contributed by atoms with E-state index >= 15 is 0 Å². The summed E-state index contributed by atoms with van der Waals surface area (Å²) in [6, 6.07) is 13.1. The number of benzene rings is 2. The number of rotatable bonds is 6. The van der Waals surface area contributed by atoms with E-state index in [4.69, 9.17) is 21.1 Å². The smallest absolute Gasteiger partial charge is 0.203 e. The molecule has 1 heterocycles. The number of aromatic nitrogens is 1. The van der Waals surface area contributed by atoms with Crippen molar-refractivity contribution in [3.8, 4) is 22.8 Å². The molecule has 2 aromatic carbocycles. The second-order valence-electron chi connectivity index (χ2n) is 5.02. The SMILES string of the molecule is COc1ccc(C=NNc2nc(-c3ccc(Cl)cc3)cs2)c(OC)c1. The average molecular weight is 374 g/mol. The van der Waals surface area contributed by atoms with Crippen molar-refractivity contribution in [2.24, 2.45) is 5.10 Å². The van der Waals surface area contributed by atoms with Crippen LogP contribution in [-0.2, 0) is 0 Å². The van der Waals surface area contributed by atoms with Gasteiger partial charge in [0.2, 0.25) is 5.13 Å². The first-order valence-corrected chi connectivity index (χ1v) is 8.68. The van der Waals surface area contributed by atoms with Gasteiger partial charge in [0, 0.05) is 27.6 Å². The van der Waals surface area contributed by atoms with Gasteiger partial charge in [-0.25, -0.2) is 4.98 Å². The molecule has 0 saturated carbocycles. The van der Waals surface area contributed by atoms with E-state index < -0.39 is 0 Å². The summed E-state index contributed by atoms with van der Waals surface area (Å²) >= 11 is 7.39. The van der Waals surface area contributed by atoms with Crippen LogP contribution in [0.3, 0.4) is 0 Å². The Hall–Kier alpha value is -2.57. The van der Waals surface area contributed by atoms with Crippen LogP contribution in [0, 0.1) is 0 Å². The minimum absolute atomic E-state index is 0.686. The van der Waals surface area contributed by atoms with Crippen LogP contribution in [0.5, 0.6) is 11.5 Å². The number of nitrogens with one attached hydrogen (secondary N) is 1. The number of halogens is 1. The molecule has 0 unspecified atom stereocenters. The molecule has 0 radical (unpaired) electrons. The van der Waals surface area contributed by atoms with Crippen LogP contribution in [0.1, 0.15) is 5.56 Å². The summed E-state index contributed by atoms with van der Waals surface area (Å²) in [7, 11) is 3.23. The van der Waals surface area contributed by atoms with Crippen molar-refractivity contribution in [2.75, 3.05) is 19.6 Å². The molecule has 5 nitrogen and oxygen atoms in total. The van der Waals surface area contributed by atoms with Gasteiger partial charge in [0.25, 0.3) is 0 Å². The zero-order chi connectivity index (χ0) is 17.6. The predicted octanol–water partition coefficient (Wildman–Crippen LogP) is 4.93. The number of hydrogen-bond acceptors (Lipinski definition) is 6. The molecule has 128 valence electrons. The molecule has 7 heteroatoms. The third-order valence-electron chi connectivity index (χ3n) is 3.45. The molecule has 1 N–H and O–H groups in total. The van der Waals surface area contributed by atoms with Crippen LogP contribution in [0.15, 0.2) is 52.9 Å². The van der Waals surface area contributed by atoms with Gasteiger partial charge in [-0.3, -0.25) is 5.43 Å². The van der Waals surface area contributed by atoms with Crippen molar-refractivity contribution in [1.82, 2.24) is 4.98 Å². The molecule has 25 heavy (non-hydrogen) atoms. The highest BCUT2D eigenvalue weighted by atomic mass is 35.5. The fraction of sp³-hybridized carbons (Fsp3) is 0.111. The minimum Gasteiger partial charge on any atom is -0.497 e. The fourth-order valence-corrected chi connectivity index (χ4v) is 2.95. The molecule has 3 aromatic rings. The zero-order valence-electron chi connectivity index (χ0n) is 13.7. The Bertz CT molecular complexity index is 878. The predicted molar refractivity (Wildman–Crippen MR) is 103 cm³/mol. The third kappa shape index (κ3) is 4.29. The van der Waals surface area contributed by atoms with Gasteiger partial charge in [0.05, 0.1) is 26.1 Å². The zero-order valence-corrected chi connectivity index (χ0v) is 15.3. The normalized spacial score (nSPS) is 10.8. The van der Waals surface area contributed by atoms with E-state index in [0.29, 0.717) is 15.9 Å².